The van der Waals surface area contributed by atoms with E-state index in [-0.39, 0.29) is 16.6 Å². The summed E-state index contributed by atoms with van der Waals surface area (Å²) in [4.78, 5) is 25.1. The molecule has 10 heteroatoms. The number of rotatable bonds is 7. The van der Waals surface area contributed by atoms with Crippen molar-refractivity contribution in [2.24, 2.45) is 0 Å². The van der Waals surface area contributed by atoms with Gasteiger partial charge in [-0.3, -0.25) is 14.3 Å². The Morgan fingerprint density at radius 1 is 0.824 bits per heavy atom. The van der Waals surface area contributed by atoms with Crippen molar-refractivity contribution in [1.82, 2.24) is 0 Å². The molecule has 2 heterocycles. The van der Waals surface area contributed by atoms with Crippen LogP contribution in [0.25, 0.3) is 0 Å². The summed E-state index contributed by atoms with van der Waals surface area (Å²) in [6.07, 6.45) is 1.40. The lowest BCUT2D eigenvalue weighted by atomic mass is 10.1. The molecule has 4 aromatic rings. The van der Waals surface area contributed by atoms with Gasteiger partial charge < -0.3 is 15.1 Å². The number of sulfonamides is 1. The third-order valence-corrected chi connectivity index (χ3v) is 7.39. The minimum atomic E-state index is -3.78. The fourth-order valence-electron chi connectivity index (χ4n) is 3.04. The van der Waals surface area contributed by atoms with Gasteiger partial charge in [-0.2, -0.15) is 0 Å². The van der Waals surface area contributed by atoms with Crippen molar-refractivity contribution in [3.05, 3.63) is 94.8 Å². The predicted molar refractivity (Wildman–Crippen MR) is 132 cm³/mol. The lowest BCUT2D eigenvalue weighted by Crippen LogP contribution is -2.14. The summed E-state index contributed by atoms with van der Waals surface area (Å²) in [5.74, 6) is -0.626. The zero-order valence-corrected chi connectivity index (χ0v) is 19.9. The summed E-state index contributed by atoms with van der Waals surface area (Å²) in [7, 11) is -3.78. The maximum Gasteiger partial charge on any atom is 0.291 e. The van der Waals surface area contributed by atoms with Crippen molar-refractivity contribution in [3.8, 4) is 0 Å². The van der Waals surface area contributed by atoms with Crippen molar-refractivity contribution in [1.29, 1.82) is 0 Å². The summed E-state index contributed by atoms with van der Waals surface area (Å²) >= 11 is 1.11. The Balaban J connectivity index is 1.39. The van der Waals surface area contributed by atoms with E-state index in [4.69, 9.17) is 4.42 Å². The summed E-state index contributed by atoms with van der Waals surface area (Å²) in [6.45, 7) is 3.86. The number of anilines is 3. The van der Waals surface area contributed by atoms with E-state index in [9.17, 15) is 18.0 Å². The third-order valence-electron chi connectivity index (χ3n) is 4.99. The van der Waals surface area contributed by atoms with Gasteiger partial charge in [-0.25, -0.2) is 8.42 Å². The van der Waals surface area contributed by atoms with Gasteiger partial charge in [0.05, 0.1) is 21.0 Å². The van der Waals surface area contributed by atoms with Gasteiger partial charge in [0.1, 0.15) is 0 Å². The zero-order chi connectivity index (χ0) is 24.3. The molecule has 2 aromatic heterocycles. The number of benzene rings is 2. The molecule has 0 atom stereocenters. The van der Waals surface area contributed by atoms with E-state index >= 15 is 0 Å². The van der Waals surface area contributed by atoms with Crippen LogP contribution in [-0.4, -0.2) is 20.2 Å². The maximum absolute atomic E-state index is 12.7. The largest absolute Gasteiger partial charge is 0.459 e. The van der Waals surface area contributed by atoms with Gasteiger partial charge in [-0.1, -0.05) is 6.07 Å². The molecule has 0 fully saturated rings. The number of furan rings is 1. The summed E-state index contributed by atoms with van der Waals surface area (Å²) in [5.41, 5.74) is 2.97. The highest BCUT2D eigenvalue weighted by Crippen LogP contribution is 2.25. The third kappa shape index (κ3) is 5.36. The number of carbonyl (C=O) groups excluding carboxylic acids is 2. The highest BCUT2D eigenvalue weighted by atomic mass is 32.2. The lowest BCUT2D eigenvalue weighted by molar-refractivity contribution is 0.0995. The first kappa shape index (κ1) is 23.3. The first-order valence-corrected chi connectivity index (χ1v) is 12.5. The van der Waals surface area contributed by atoms with Crippen LogP contribution in [0.3, 0.4) is 0 Å². The van der Waals surface area contributed by atoms with E-state index in [2.05, 4.69) is 15.4 Å². The van der Waals surface area contributed by atoms with Crippen LogP contribution in [0.2, 0.25) is 0 Å². The topological polar surface area (TPSA) is 118 Å². The number of aryl methyl sites for hydroxylation is 2. The molecule has 0 aliphatic carbocycles. The van der Waals surface area contributed by atoms with E-state index in [0.717, 1.165) is 22.5 Å². The molecule has 0 saturated carbocycles. The number of nitrogens with one attached hydrogen (secondary N) is 3. The molecule has 0 saturated heterocycles. The molecule has 0 aliphatic rings. The first-order valence-electron chi connectivity index (χ1n) is 10.2. The molecule has 34 heavy (non-hydrogen) atoms. The van der Waals surface area contributed by atoms with E-state index in [1.807, 2.05) is 19.9 Å². The van der Waals surface area contributed by atoms with Gasteiger partial charge in [0, 0.05) is 11.4 Å². The van der Waals surface area contributed by atoms with Crippen LogP contribution in [0.15, 0.2) is 82.3 Å². The smallest absolute Gasteiger partial charge is 0.291 e. The Hall–Kier alpha value is -3.89. The number of amides is 2. The molecule has 3 N–H and O–H groups in total. The highest BCUT2D eigenvalue weighted by molar-refractivity contribution is 7.92. The fraction of sp³-hybridized carbons (Fsp3) is 0.0833. The molecule has 8 nitrogen and oxygen atoms in total. The second-order valence-electron chi connectivity index (χ2n) is 7.48. The fourth-order valence-corrected chi connectivity index (χ4v) is 4.88. The van der Waals surface area contributed by atoms with Crippen molar-refractivity contribution >= 4 is 49.6 Å². The molecule has 174 valence electrons. The standard InChI is InChI=1S/C24H21N3O5S2/c1-15-5-6-18(14-16(15)2)27-34(30,31)19-9-7-17(8-10-19)25-24(29)21-11-12-22(33-21)26-23(28)20-4-3-13-32-20/h3-14,27H,1-2H3,(H,25,29)(H,26,28). The number of hydrogen-bond donors (Lipinski definition) is 3. The predicted octanol–water partition coefficient (Wildman–Crippen LogP) is 5.26. The van der Waals surface area contributed by atoms with Crippen molar-refractivity contribution in [2.75, 3.05) is 15.4 Å². The average molecular weight is 496 g/mol. The molecule has 2 aromatic carbocycles. The molecular weight excluding hydrogens is 474 g/mol. The Labute approximate surface area is 200 Å². The van der Waals surface area contributed by atoms with E-state index in [1.165, 1.54) is 36.6 Å². The van der Waals surface area contributed by atoms with Crippen molar-refractivity contribution in [3.63, 3.8) is 0 Å². The van der Waals surface area contributed by atoms with Crippen LogP contribution < -0.4 is 15.4 Å². The normalized spacial score (nSPS) is 11.1. The Morgan fingerprint density at radius 3 is 2.24 bits per heavy atom. The van der Waals surface area contributed by atoms with Crippen molar-refractivity contribution in [2.45, 2.75) is 18.7 Å². The second-order valence-corrected chi connectivity index (χ2v) is 10.2. The molecule has 0 bridgehead atoms. The molecule has 4 rings (SSSR count). The summed E-state index contributed by atoms with van der Waals surface area (Å²) in [6, 6.07) is 17.6. The van der Waals surface area contributed by atoms with Crippen LogP contribution in [0.5, 0.6) is 0 Å². The molecular formula is C24H21N3O5S2. The van der Waals surface area contributed by atoms with Gasteiger partial charge in [-0.05, 0) is 85.6 Å². The summed E-state index contributed by atoms with van der Waals surface area (Å²) < 4.78 is 33.0. The molecule has 0 aliphatic heterocycles. The van der Waals surface area contributed by atoms with Gasteiger partial charge in [0.2, 0.25) is 0 Å². The number of thiophene rings is 1. The minimum absolute atomic E-state index is 0.0720. The Kier molecular flexibility index (Phi) is 6.53. The van der Waals surface area contributed by atoms with Gasteiger partial charge >= 0.3 is 0 Å². The van der Waals surface area contributed by atoms with Crippen LogP contribution in [0.1, 0.15) is 31.4 Å². The lowest BCUT2D eigenvalue weighted by Gasteiger charge is -2.11. The quantitative estimate of drug-likeness (QED) is 0.323. The molecule has 0 unspecified atom stereocenters. The van der Waals surface area contributed by atoms with Crippen molar-refractivity contribution < 1.29 is 22.4 Å². The van der Waals surface area contributed by atoms with Gasteiger partial charge in [-0.15, -0.1) is 11.3 Å². The molecule has 0 spiro atoms. The zero-order valence-electron chi connectivity index (χ0n) is 18.3. The van der Waals surface area contributed by atoms with Crippen LogP contribution in [0, 0.1) is 13.8 Å². The average Bonchev–Trinajstić information content (AvgIpc) is 3.49. The molecule has 2 amide bonds. The summed E-state index contributed by atoms with van der Waals surface area (Å²) in [5, 5.41) is 5.88. The van der Waals surface area contributed by atoms with E-state index in [0.29, 0.717) is 21.3 Å². The SMILES string of the molecule is Cc1ccc(NS(=O)(=O)c2ccc(NC(=O)c3ccc(NC(=O)c4ccco4)s3)cc2)cc1C. The van der Waals surface area contributed by atoms with E-state index < -0.39 is 15.9 Å². The number of carbonyl (C=O) groups is 2. The van der Waals surface area contributed by atoms with Crippen LogP contribution >= 0.6 is 11.3 Å². The Morgan fingerprint density at radius 2 is 1.56 bits per heavy atom. The maximum atomic E-state index is 12.7. The van der Waals surface area contributed by atoms with Gasteiger partial charge in [0.15, 0.2) is 5.76 Å². The number of hydrogen-bond acceptors (Lipinski definition) is 6. The van der Waals surface area contributed by atoms with Gasteiger partial charge in [0.25, 0.3) is 21.8 Å². The minimum Gasteiger partial charge on any atom is -0.459 e. The van der Waals surface area contributed by atoms with Crippen LogP contribution in [-0.2, 0) is 10.0 Å². The first-order chi connectivity index (χ1) is 16.2. The monoisotopic (exact) mass is 495 g/mol. The highest BCUT2D eigenvalue weighted by Gasteiger charge is 2.16. The molecule has 0 radical (unpaired) electrons. The Bertz CT molecular complexity index is 1440. The van der Waals surface area contributed by atoms with Crippen LogP contribution in [0.4, 0.5) is 16.4 Å². The van der Waals surface area contributed by atoms with E-state index in [1.54, 1.807) is 30.3 Å². The second kappa shape index (κ2) is 9.54.